The molecule has 1 aliphatic heterocycles. The third-order valence-electron chi connectivity index (χ3n) is 3.64. The van der Waals surface area contributed by atoms with Gasteiger partial charge in [-0.15, -0.1) is 0 Å². The van der Waals surface area contributed by atoms with Crippen LogP contribution in [-0.2, 0) is 11.3 Å². The minimum absolute atomic E-state index is 0.329. The number of benzene rings is 1. The molecule has 0 radical (unpaired) electrons. The van der Waals surface area contributed by atoms with Crippen LogP contribution in [0.5, 0.6) is 0 Å². The van der Waals surface area contributed by atoms with Gasteiger partial charge in [0.2, 0.25) is 5.91 Å². The van der Waals surface area contributed by atoms with Crippen LogP contribution in [0.15, 0.2) is 24.3 Å². The van der Waals surface area contributed by atoms with Crippen molar-refractivity contribution in [2.24, 2.45) is 0 Å². The number of likely N-dealkylation sites (tertiary alicyclic amines) is 1. The van der Waals surface area contributed by atoms with E-state index in [9.17, 15) is 4.79 Å². The Morgan fingerprint density at radius 1 is 1.26 bits per heavy atom. The molecule has 0 aliphatic carbocycles. The van der Waals surface area contributed by atoms with E-state index in [1.807, 2.05) is 4.90 Å². The van der Waals surface area contributed by atoms with Crippen LogP contribution in [0.25, 0.3) is 0 Å². The van der Waals surface area contributed by atoms with Gasteiger partial charge in [0.05, 0.1) is 0 Å². The third-order valence-corrected chi connectivity index (χ3v) is 3.64. The Hall–Kier alpha value is -1.35. The topological polar surface area (TPSA) is 32.3 Å². The molecule has 2 rings (SSSR count). The van der Waals surface area contributed by atoms with Gasteiger partial charge in [0.1, 0.15) is 0 Å². The molecule has 0 aromatic heterocycles. The predicted octanol–water partition coefficient (Wildman–Crippen LogP) is 2.49. The first kappa shape index (κ1) is 14.1. The summed E-state index contributed by atoms with van der Waals surface area (Å²) in [6.07, 6.45) is 4.15. The standard InChI is InChI=1S/C16H24N2O/c1-14-6-5-7-15(12-14)13-17-9-11-18-10-4-2-3-8-16(18)19/h5-7,12,17H,2-4,8-11,13H2,1H3. The van der Waals surface area contributed by atoms with E-state index in [2.05, 4.69) is 36.5 Å². The second-order valence-electron chi connectivity index (χ2n) is 5.36. The molecule has 1 saturated heterocycles. The molecule has 1 heterocycles. The fourth-order valence-corrected chi connectivity index (χ4v) is 2.54. The largest absolute Gasteiger partial charge is 0.341 e. The van der Waals surface area contributed by atoms with Crippen molar-refractivity contribution in [2.75, 3.05) is 19.6 Å². The van der Waals surface area contributed by atoms with Gasteiger partial charge in [-0.3, -0.25) is 4.79 Å². The molecule has 0 spiro atoms. The van der Waals surface area contributed by atoms with Gasteiger partial charge in [-0.1, -0.05) is 36.2 Å². The monoisotopic (exact) mass is 260 g/mol. The lowest BCUT2D eigenvalue weighted by molar-refractivity contribution is -0.130. The van der Waals surface area contributed by atoms with Gasteiger partial charge >= 0.3 is 0 Å². The molecule has 0 unspecified atom stereocenters. The van der Waals surface area contributed by atoms with Crippen LogP contribution in [0, 0.1) is 6.92 Å². The van der Waals surface area contributed by atoms with Crippen LogP contribution in [-0.4, -0.2) is 30.4 Å². The number of hydrogen-bond acceptors (Lipinski definition) is 2. The van der Waals surface area contributed by atoms with Crippen LogP contribution >= 0.6 is 0 Å². The van der Waals surface area contributed by atoms with Crippen LogP contribution < -0.4 is 5.32 Å². The smallest absolute Gasteiger partial charge is 0.222 e. The summed E-state index contributed by atoms with van der Waals surface area (Å²) in [5.74, 6) is 0.329. The van der Waals surface area contributed by atoms with E-state index in [-0.39, 0.29) is 0 Å². The lowest BCUT2D eigenvalue weighted by Gasteiger charge is -2.20. The van der Waals surface area contributed by atoms with E-state index in [1.54, 1.807) is 0 Å². The molecule has 1 fully saturated rings. The lowest BCUT2D eigenvalue weighted by Crippen LogP contribution is -2.36. The Morgan fingerprint density at radius 2 is 2.16 bits per heavy atom. The molecular weight excluding hydrogens is 236 g/mol. The first-order chi connectivity index (χ1) is 9.25. The average Bonchev–Trinajstić information content (AvgIpc) is 2.60. The first-order valence-electron chi connectivity index (χ1n) is 7.30. The zero-order valence-corrected chi connectivity index (χ0v) is 11.8. The van der Waals surface area contributed by atoms with Crippen LogP contribution in [0.4, 0.5) is 0 Å². The maximum absolute atomic E-state index is 11.8. The van der Waals surface area contributed by atoms with Crippen molar-refractivity contribution < 1.29 is 4.79 Å². The molecule has 0 atom stereocenters. The molecule has 0 bridgehead atoms. The summed E-state index contributed by atoms with van der Waals surface area (Å²) >= 11 is 0. The number of carbonyl (C=O) groups is 1. The molecule has 1 aromatic carbocycles. The van der Waals surface area contributed by atoms with Crippen molar-refractivity contribution in [1.82, 2.24) is 10.2 Å². The third kappa shape index (κ3) is 4.67. The van der Waals surface area contributed by atoms with Crippen LogP contribution in [0.3, 0.4) is 0 Å². The molecule has 1 N–H and O–H groups in total. The Labute approximate surface area is 116 Å². The minimum Gasteiger partial charge on any atom is -0.341 e. The number of carbonyl (C=O) groups excluding carboxylic acids is 1. The number of aryl methyl sites for hydroxylation is 1. The van der Waals surface area contributed by atoms with E-state index >= 15 is 0 Å². The fourth-order valence-electron chi connectivity index (χ4n) is 2.54. The quantitative estimate of drug-likeness (QED) is 0.825. The highest BCUT2D eigenvalue weighted by molar-refractivity contribution is 5.76. The molecule has 3 heteroatoms. The van der Waals surface area contributed by atoms with Gasteiger partial charge in [0.15, 0.2) is 0 Å². The molecule has 1 aromatic rings. The van der Waals surface area contributed by atoms with Crippen LogP contribution in [0.1, 0.15) is 36.8 Å². The molecule has 1 amide bonds. The Morgan fingerprint density at radius 3 is 3.00 bits per heavy atom. The average molecular weight is 260 g/mol. The second kappa shape index (κ2) is 7.29. The molecule has 104 valence electrons. The van der Waals surface area contributed by atoms with E-state index in [1.165, 1.54) is 17.5 Å². The number of nitrogens with one attached hydrogen (secondary N) is 1. The summed E-state index contributed by atoms with van der Waals surface area (Å²) in [6, 6.07) is 8.53. The number of amides is 1. The molecule has 3 nitrogen and oxygen atoms in total. The summed E-state index contributed by atoms with van der Waals surface area (Å²) < 4.78 is 0. The first-order valence-corrected chi connectivity index (χ1v) is 7.30. The maximum atomic E-state index is 11.8. The van der Waals surface area contributed by atoms with E-state index < -0.39 is 0 Å². The molecule has 19 heavy (non-hydrogen) atoms. The van der Waals surface area contributed by atoms with E-state index in [0.29, 0.717) is 5.91 Å². The highest BCUT2D eigenvalue weighted by Gasteiger charge is 2.15. The summed E-state index contributed by atoms with van der Waals surface area (Å²) in [6.45, 7) is 5.64. The number of hydrogen-bond donors (Lipinski definition) is 1. The molecule has 1 aliphatic rings. The van der Waals surface area contributed by atoms with Gasteiger partial charge in [-0.05, 0) is 25.3 Å². The molecular formula is C16H24N2O. The minimum atomic E-state index is 0.329. The zero-order chi connectivity index (χ0) is 13.5. The van der Waals surface area contributed by atoms with Crippen molar-refractivity contribution >= 4 is 5.91 Å². The van der Waals surface area contributed by atoms with E-state index in [4.69, 9.17) is 0 Å². The van der Waals surface area contributed by atoms with E-state index in [0.717, 1.165) is 45.4 Å². The zero-order valence-electron chi connectivity index (χ0n) is 11.8. The van der Waals surface area contributed by atoms with Crippen LogP contribution in [0.2, 0.25) is 0 Å². The van der Waals surface area contributed by atoms with Gasteiger partial charge < -0.3 is 10.2 Å². The number of rotatable bonds is 5. The van der Waals surface area contributed by atoms with Crippen molar-refractivity contribution in [2.45, 2.75) is 39.2 Å². The lowest BCUT2D eigenvalue weighted by atomic mass is 10.1. The summed E-state index contributed by atoms with van der Waals surface area (Å²) in [7, 11) is 0. The van der Waals surface area contributed by atoms with Crippen molar-refractivity contribution in [3.8, 4) is 0 Å². The van der Waals surface area contributed by atoms with Crippen molar-refractivity contribution in [3.05, 3.63) is 35.4 Å². The van der Waals surface area contributed by atoms with Gasteiger partial charge in [0.25, 0.3) is 0 Å². The summed E-state index contributed by atoms with van der Waals surface area (Å²) in [5.41, 5.74) is 2.60. The fraction of sp³-hybridized carbons (Fsp3) is 0.562. The Kier molecular flexibility index (Phi) is 5.40. The normalized spacial score (nSPS) is 16.5. The maximum Gasteiger partial charge on any atom is 0.222 e. The second-order valence-corrected chi connectivity index (χ2v) is 5.36. The summed E-state index contributed by atoms with van der Waals surface area (Å²) in [4.78, 5) is 13.8. The molecule has 0 saturated carbocycles. The predicted molar refractivity (Wildman–Crippen MR) is 77.9 cm³/mol. The Bertz CT molecular complexity index is 417. The highest BCUT2D eigenvalue weighted by atomic mass is 16.2. The summed E-state index contributed by atoms with van der Waals surface area (Å²) in [5, 5.41) is 3.42. The SMILES string of the molecule is Cc1cccc(CNCCN2CCCCCC2=O)c1. The van der Waals surface area contributed by atoms with Crippen molar-refractivity contribution in [1.29, 1.82) is 0 Å². The van der Waals surface area contributed by atoms with Gasteiger partial charge in [0, 0.05) is 32.6 Å². The number of nitrogens with zero attached hydrogens (tertiary/aromatic N) is 1. The van der Waals surface area contributed by atoms with Gasteiger partial charge in [-0.25, -0.2) is 0 Å². The van der Waals surface area contributed by atoms with Crippen molar-refractivity contribution in [3.63, 3.8) is 0 Å². The highest BCUT2D eigenvalue weighted by Crippen LogP contribution is 2.10. The van der Waals surface area contributed by atoms with Gasteiger partial charge in [-0.2, -0.15) is 0 Å². The Balaban J connectivity index is 1.70.